The zero-order valence-corrected chi connectivity index (χ0v) is 24.4. The minimum Gasteiger partial charge on any atom is -0.478 e. The molecule has 2 fully saturated rings. The fraction of sp³-hybridized carbons (Fsp3) is 0.719. The molecule has 4 aliphatic carbocycles. The molecule has 0 radical (unpaired) electrons. The van der Waals surface area contributed by atoms with Crippen LogP contribution >= 0.6 is 0 Å². The molecular weight excluding hydrogens is 480 g/mol. The maximum Gasteiger partial charge on any atom is 0.331 e. The second kappa shape index (κ2) is 9.46. The van der Waals surface area contributed by atoms with Crippen molar-refractivity contribution in [2.24, 2.45) is 39.4 Å². The predicted octanol–water partition coefficient (Wildman–Crippen LogP) is 6.04. The Morgan fingerprint density at radius 3 is 2.37 bits per heavy atom. The normalized spacial score (nSPS) is 40.6. The summed E-state index contributed by atoms with van der Waals surface area (Å²) in [4.78, 5) is 35.7. The van der Waals surface area contributed by atoms with Gasteiger partial charge in [0.2, 0.25) is 0 Å². The Morgan fingerprint density at radius 1 is 1.11 bits per heavy atom. The third-order valence-electron chi connectivity index (χ3n) is 11.6. The van der Waals surface area contributed by atoms with Crippen LogP contribution in [0.2, 0.25) is 0 Å². The molecule has 8 atom stereocenters. The number of carboxylic acid groups (broad SMARTS) is 1. The summed E-state index contributed by atoms with van der Waals surface area (Å²) < 4.78 is 5.78. The van der Waals surface area contributed by atoms with Crippen LogP contribution in [0.25, 0.3) is 0 Å². The van der Waals surface area contributed by atoms with Crippen LogP contribution in [-0.2, 0) is 19.1 Å². The first-order valence-electron chi connectivity index (χ1n) is 14.2. The first-order chi connectivity index (χ1) is 17.5. The number of ketones is 1. The monoisotopic (exact) mass is 526 g/mol. The first kappa shape index (κ1) is 28.8. The lowest BCUT2D eigenvalue weighted by molar-refractivity contribution is -0.165. The second-order valence-corrected chi connectivity index (χ2v) is 13.9. The molecule has 0 aliphatic heterocycles. The summed E-state index contributed by atoms with van der Waals surface area (Å²) in [7, 11) is 0. The highest BCUT2D eigenvalue weighted by atomic mass is 16.5. The molecule has 210 valence electrons. The van der Waals surface area contributed by atoms with Gasteiger partial charge < -0.3 is 14.9 Å². The van der Waals surface area contributed by atoms with E-state index in [0.29, 0.717) is 12.3 Å². The van der Waals surface area contributed by atoms with Gasteiger partial charge in [0.1, 0.15) is 6.10 Å². The van der Waals surface area contributed by atoms with Crippen LogP contribution < -0.4 is 0 Å². The van der Waals surface area contributed by atoms with E-state index in [9.17, 15) is 19.5 Å². The summed E-state index contributed by atoms with van der Waals surface area (Å²) in [6, 6.07) is 0. The molecule has 0 aromatic heterocycles. The van der Waals surface area contributed by atoms with Gasteiger partial charge in [-0.05, 0) is 84.8 Å². The Kier molecular flexibility index (Phi) is 7.17. The van der Waals surface area contributed by atoms with Gasteiger partial charge >= 0.3 is 11.9 Å². The van der Waals surface area contributed by atoms with Gasteiger partial charge in [-0.15, -0.1) is 0 Å². The van der Waals surface area contributed by atoms with Gasteiger partial charge in [0.25, 0.3) is 0 Å². The van der Waals surface area contributed by atoms with Gasteiger partial charge in [0.05, 0.1) is 6.10 Å². The highest BCUT2D eigenvalue weighted by Crippen LogP contribution is 2.71. The van der Waals surface area contributed by atoms with Crippen molar-refractivity contribution in [1.82, 2.24) is 0 Å². The predicted molar refractivity (Wildman–Crippen MR) is 146 cm³/mol. The Morgan fingerprint density at radius 2 is 1.76 bits per heavy atom. The largest absolute Gasteiger partial charge is 0.478 e. The molecule has 0 amide bonds. The van der Waals surface area contributed by atoms with Crippen molar-refractivity contribution in [3.05, 3.63) is 34.9 Å². The number of esters is 1. The molecule has 0 bridgehead atoms. The molecule has 6 heteroatoms. The number of hydrogen-bond donors (Lipinski definition) is 2. The molecule has 4 aliphatic rings. The summed E-state index contributed by atoms with van der Waals surface area (Å²) >= 11 is 0. The van der Waals surface area contributed by atoms with E-state index < -0.39 is 17.5 Å². The second-order valence-electron chi connectivity index (χ2n) is 13.9. The number of ether oxygens (including phenoxy) is 1. The molecule has 0 saturated heterocycles. The van der Waals surface area contributed by atoms with Gasteiger partial charge in [0.15, 0.2) is 5.78 Å². The van der Waals surface area contributed by atoms with Crippen LogP contribution in [0.4, 0.5) is 0 Å². The summed E-state index contributed by atoms with van der Waals surface area (Å²) in [6.07, 6.45) is 9.76. The van der Waals surface area contributed by atoms with Crippen LogP contribution in [0.15, 0.2) is 34.9 Å². The number of aliphatic carboxylic acids is 1. The molecule has 2 N–H and O–H groups in total. The number of carbonyl (C=O) groups excluding carboxylic acids is 2. The van der Waals surface area contributed by atoms with E-state index in [0.717, 1.165) is 25.7 Å². The lowest BCUT2D eigenvalue weighted by atomic mass is 9.44. The third-order valence-corrected chi connectivity index (χ3v) is 11.6. The summed E-state index contributed by atoms with van der Waals surface area (Å²) in [5, 5.41) is 20.8. The van der Waals surface area contributed by atoms with E-state index in [1.54, 1.807) is 0 Å². The van der Waals surface area contributed by atoms with Crippen molar-refractivity contribution in [1.29, 1.82) is 0 Å². The first-order valence-corrected chi connectivity index (χ1v) is 14.2. The van der Waals surface area contributed by atoms with Crippen LogP contribution in [0, 0.1) is 39.4 Å². The topological polar surface area (TPSA) is 101 Å². The minimum absolute atomic E-state index is 0.0161. The fourth-order valence-electron chi connectivity index (χ4n) is 9.16. The number of fused-ring (bicyclic) bond motifs is 5. The smallest absolute Gasteiger partial charge is 0.331 e. The standard InChI is InChI=1S/C32H46O6/c1-18(15-21(34)16-19(2)28(36)37)24-17-26(35)32(8)23-9-10-25-29(4,5)27(38-20(3)33)12-13-30(25,6)22(23)11-14-31(24,32)7/h9,11,16,18,24-27,35H,10,12-15,17H2,1-8H3,(H,36,37). The SMILES string of the molecule is CC(=O)OC1CCC2(C)C3=CCC4(C)C(C(C)CC(=O)C=C(C)C(=O)O)CC(O)C4(C)C3=CCC2C1(C)C. The van der Waals surface area contributed by atoms with Crippen LogP contribution in [-0.4, -0.2) is 40.1 Å². The van der Waals surface area contributed by atoms with E-state index in [4.69, 9.17) is 9.84 Å². The maximum absolute atomic E-state index is 12.7. The number of allylic oxidation sites excluding steroid dienone is 4. The molecule has 4 rings (SSSR count). The van der Waals surface area contributed by atoms with Gasteiger partial charge in [-0.3, -0.25) is 9.59 Å². The van der Waals surface area contributed by atoms with Gasteiger partial charge in [0, 0.05) is 29.7 Å². The number of rotatable bonds is 6. The third kappa shape index (κ3) is 4.13. The van der Waals surface area contributed by atoms with Crippen molar-refractivity contribution in [3.63, 3.8) is 0 Å². The molecular formula is C32H46O6. The molecule has 0 spiro atoms. The van der Waals surface area contributed by atoms with Gasteiger partial charge in [-0.25, -0.2) is 4.79 Å². The van der Waals surface area contributed by atoms with E-state index in [1.165, 1.54) is 31.1 Å². The Labute approximate surface area is 227 Å². The van der Waals surface area contributed by atoms with Gasteiger partial charge in [-0.2, -0.15) is 0 Å². The van der Waals surface area contributed by atoms with Crippen molar-refractivity contribution < 1.29 is 29.3 Å². The Balaban J connectivity index is 1.66. The van der Waals surface area contributed by atoms with Crippen LogP contribution in [0.1, 0.15) is 93.9 Å². The Bertz CT molecular complexity index is 1130. The average Bonchev–Trinajstić information content (AvgIpc) is 3.02. The average molecular weight is 527 g/mol. The highest BCUT2D eigenvalue weighted by molar-refractivity contribution is 5.98. The van der Waals surface area contributed by atoms with Crippen molar-refractivity contribution in [2.75, 3.05) is 0 Å². The number of carbonyl (C=O) groups is 3. The zero-order valence-electron chi connectivity index (χ0n) is 24.4. The molecule has 38 heavy (non-hydrogen) atoms. The number of aliphatic hydroxyl groups is 1. The summed E-state index contributed by atoms with van der Waals surface area (Å²) in [6.45, 7) is 16.3. The lowest BCUT2D eigenvalue weighted by Gasteiger charge is -2.61. The Hall–Kier alpha value is -2.21. The minimum atomic E-state index is -1.08. The zero-order chi connectivity index (χ0) is 28.4. The molecule has 0 aromatic carbocycles. The number of carboxylic acids is 1. The number of aliphatic hydroxyl groups excluding tert-OH is 1. The number of hydrogen-bond acceptors (Lipinski definition) is 5. The summed E-state index contributed by atoms with van der Waals surface area (Å²) in [5.74, 6) is -0.998. The van der Waals surface area contributed by atoms with E-state index in [1.807, 2.05) is 0 Å². The quantitative estimate of drug-likeness (QED) is 0.323. The van der Waals surface area contributed by atoms with Crippen molar-refractivity contribution in [2.45, 2.75) is 106 Å². The molecule has 0 heterocycles. The maximum atomic E-state index is 12.7. The van der Waals surface area contributed by atoms with E-state index in [-0.39, 0.29) is 57.9 Å². The van der Waals surface area contributed by atoms with Crippen molar-refractivity contribution in [3.8, 4) is 0 Å². The molecule has 2 saturated carbocycles. The van der Waals surface area contributed by atoms with Crippen LogP contribution in [0.3, 0.4) is 0 Å². The molecule has 6 nitrogen and oxygen atoms in total. The molecule has 8 unspecified atom stereocenters. The summed E-state index contributed by atoms with van der Waals surface area (Å²) in [5.41, 5.74) is 1.78. The lowest BCUT2D eigenvalue weighted by Crippen LogP contribution is -2.56. The van der Waals surface area contributed by atoms with Crippen molar-refractivity contribution >= 4 is 17.7 Å². The van der Waals surface area contributed by atoms with E-state index >= 15 is 0 Å². The van der Waals surface area contributed by atoms with E-state index in [2.05, 4.69) is 53.7 Å². The highest BCUT2D eigenvalue weighted by Gasteiger charge is 2.66. The van der Waals surface area contributed by atoms with Gasteiger partial charge in [-0.1, -0.05) is 53.7 Å². The molecule has 0 aromatic rings. The van der Waals surface area contributed by atoms with Crippen LogP contribution in [0.5, 0.6) is 0 Å². The fourth-order valence-corrected chi connectivity index (χ4v) is 9.16.